The summed E-state index contributed by atoms with van der Waals surface area (Å²) in [6, 6.07) is 8.43. The maximum Gasteiger partial charge on any atom is 0.253 e. The molecule has 0 spiro atoms. The van der Waals surface area contributed by atoms with Gasteiger partial charge in [0.2, 0.25) is 5.91 Å². The van der Waals surface area contributed by atoms with Crippen molar-refractivity contribution in [2.45, 2.75) is 25.7 Å². The molecule has 6 nitrogen and oxygen atoms in total. The number of rotatable bonds is 3. The van der Waals surface area contributed by atoms with Crippen molar-refractivity contribution in [1.82, 2.24) is 9.97 Å². The highest BCUT2D eigenvalue weighted by Gasteiger charge is 2.20. The summed E-state index contributed by atoms with van der Waals surface area (Å²) in [6.45, 7) is 0. The summed E-state index contributed by atoms with van der Waals surface area (Å²) in [5, 5.41) is 0.857. The van der Waals surface area contributed by atoms with E-state index in [0.29, 0.717) is 22.7 Å². The molecule has 0 aliphatic heterocycles. The van der Waals surface area contributed by atoms with Gasteiger partial charge in [-0.25, -0.2) is 4.98 Å². The Bertz CT molecular complexity index is 1020. The van der Waals surface area contributed by atoms with E-state index in [1.165, 1.54) is 0 Å². The zero-order valence-corrected chi connectivity index (χ0v) is 13.5. The highest BCUT2D eigenvalue weighted by Crippen LogP contribution is 2.33. The minimum Gasteiger partial charge on any atom is -0.457 e. The molecular formula is C19H17N3O3. The maximum atomic E-state index is 12.3. The van der Waals surface area contributed by atoms with Crippen molar-refractivity contribution < 1.29 is 9.53 Å². The largest absolute Gasteiger partial charge is 0.457 e. The average molecular weight is 335 g/mol. The Hall–Kier alpha value is -3.15. The van der Waals surface area contributed by atoms with Crippen molar-refractivity contribution in [3.63, 3.8) is 0 Å². The number of benzene rings is 1. The topological polar surface area (TPSA) is 98.1 Å². The second kappa shape index (κ2) is 6.05. The summed E-state index contributed by atoms with van der Waals surface area (Å²) in [4.78, 5) is 30.6. The van der Waals surface area contributed by atoms with E-state index in [1.54, 1.807) is 36.5 Å². The highest BCUT2D eigenvalue weighted by molar-refractivity contribution is 5.93. The number of aryl methyl sites for hydroxylation is 1. The fourth-order valence-corrected chi connectivity index (χ4v) is 3.34. The lowest BCUT2D eigenvalue weighted by molar-refractivity contribution is 0.100. The SMILES string of the molecule is NC(=O)c1ccc(Oc2ccnc3[nH]c(=O)c4c(c23)CCCC4)cc1. The quantitative estimate of drug-likeness (QED) is 0.769. The number of primary amides is 1. The molecule has 1 aliphatic carbocycles. The molecule has 1 aromatic carbocycles. The molecule has 6 heteroatoms. The van der Waals surface area contributed by atoms with Gasteiger partial charge in [-0.2, -0.15) is 0 Å². The molecule has 1 aliphatic rings. The average Bonchev–Trinajstić information content (AvgIpc) is 2.62. The summed E-state index contributed by atoms with van der Waals surface area (Å²) in [7, 11) is 0. The number of H-pyrrole nitrogens is 1. The van der Waals surface area contributed by atoms with E-state index in [4.69, 9.17) is 10.5 Å². The number of pyridine rings is 2. The first kappa shape index (κ1) is 15.4. The number of fused-ring (bicyclic) bond motifs is 3. The number of nitrogens with two attached hydrogens (primary N) is 1. The summed E-state index contributed by atoms with van der Waals surface area (Å²) < 4.78 is 6.02. The third kappa shape index (κ3) is 2.76. The highest BCUT2D eigenvalue weighted by atomic mass is 16.5. The number of ether oxygens (including phenoxy) is 1. The Balaban J connectivity index is 1.82. The van der Waals surface area contributed by atoms with Gasteiger partial charge in [-0.05, 0) is 61.6 Å². The molecule has 0 radical (unpaired) electrons. The van der Waals surface area contributed by atoms with Crippen molar-refractivity contribution in [3.05, 3.63) is 63.6 Å². The molecular weight excluding hydrogens is 318 g/mol. The van der Waals surface area contributed by atoms with Gasteiger partial charge in [0.15, 0.2) is 0 Å². The van der Waals surface area contributed by atoms with E-state index in [0.717, 1.165) is 42.2 Å². The van der Waals surface area contributed by atoms with Gasteiger partial charge in [0, 0.05) is 17.3 Å². The van der Waals surface area contributed by atoms with Crippen LogP contribution in [-0.4, -0.2) is 15.9 Å². The number of amides is 1. The molecule has 0 atom stereocenters. The molecule has 126 valence electrons. The van der Waals surface area contributed by atoms with Crippen LogP contribution >= 0.6 is 0 Å². The third-order valence-electron chi connectivity index (χ3n) is 4.56. The van der Waals surface area contributed by atoms with Crippen LogP contribution in [0.3, 0.4) is 0 Å². The van der Waals surface area contributed by atoms with E-state index < -0.39 is 5.91 Å². The fourth-order valence-electron chi connectivity index (χ4n) is 3.34. The minimum absolute atomic E-state index is 0.0577. The zero-order valence-electron chi connectivity index (χ0n) is 13.5. The van der Waals surface area contributed by atoms with Crippen LogP contribution in [0.4, 0.5) is 0 Å². The number of aromatic nitrogens is 2. The number of hydrogen-bond acceptors (Lipinski definition) is 4. The molecule has 0 saturated carbocycles. The normalized spacial score (nSPS) is 13.4. The Morgan fingerprint density at radius 1 is 1.08 bits per heavy atom. The molecule has 2 heterocycles. The van der Waals surface area contributed by atoms with Gasteiger partial charge in [0.25, 0.3) is 5.56 Å². The van der Waals surface area contributed by atoms with Crippen LogP contribution in [0.25, 0.3) is 11.0 Å². The molecule has 3 N–H and O–H groups in total. The first-order chi connectivity index (χ1) is 12.1. The molecule has 0 saturated heterocycles. The standard InChI is InChI=1S/C19H17N3O3/c20-17(23)11-5-7-12(8-6-11)25-15-9-10-21-18-16(15)13-3-1-2-4-14(13)19(24)22-18/h5-10H,1-4H2,(H2,20,23)(H,21,22,24). The maximum absolute atomic E-state index is 12.3. The van der Waals surface area contributed by atoms with E-state index in [2.05, 4.69) is 9.97 Å². The van der Waals surface area contributed by atoms with Crippen molar-refractivity contribution >= 4 is 16.9 Å². The Morgan fingerprint density at radius 2 is 1.80 bits per heavy atom. The van der Waals surface area contributed by atoms with Gasteiger partial charge in [0.05, 0.1) is 5.39 Å². The summed E-state index contributed by atoms with van der Waals surface area (Å²) in [5.74, 6) is 0.757. The Labute approximate surface area is 143 Å². The molecule has 4 rings (SSSR count). The number of aromatic amines is 1. The van der Waals surface area contributed by atoms with Gasteiger partial charge in [-0.1, -0.05) is 0 Å². The third-order valence-corrected chi connectivity index (χ3v) is 4.56. The number of nitrogens with one attached hydrogen (secondary N) is 1. The molecule has 3 aromatic rings. The predicted octanol–water partition coefficient (Wildman–Crippen LogP) is 2.69. The van der Waals surface area contributed by atoms with Crippen LogP contribution in [0.1, 0.15) is 34.3 Å². The van der Waals surface area contributed by atoms with E-state index in [-0.39, 0.29) is 5.56 Å². The number of nitrogens with zero attached hydrogens (tertiary/aromatic N) is 1. The van der Waals surface area contributed by atoms with E-state index >= 15 is 0 Å². The van der Waals surface area contributed by atoms with Gasteiger partial charge in [-0.15, -0.1) is 0 Å². The Morgan fingerprint density at radius 3 is 2.52 bits per heavy atom. The summed E-state index contributed by atoms with van der Waals surface area (Å²) in [6.07, 6.45) is 5.31. The summed E-state index contributed by atoms with van der Waals surface area (Å²) in [5.41, 5.74) is 8.03. The smallest absolute Gasteiger partial charge is 0.253 e. The second-order valence-corrected chi connectivity index (χ2v) is 6.14. The van der Waals surface area contributed by atoms with Gasteiger partial charge < -0.3 is 15.5 Å². The molecule has 2 aromatic heterocycles. The van der Waals surface area contributed by atoms with Crippen LogP contribution in [0.15, 0.2) is 41.3 Å². The summed E-state index contributed by atoms with van der Waals surface area (Å²) >= 11 is 0. The number of hydrogen-bond donors (Lipinski definition) is 2. The van der Waals surface area contributed by atoms with Gasteiger partial charge >= 0.3 is 0 Å². The zero-order chi connectivity index (χ0) is 17.4. The van der Waals surface area contributed by atoms with Crippen LogP contribution in [-0.2, 0) is 12.8 Å². The monoisotopic (exact) mass is 335 g/mol. The number of carbonyl (C=O) groups excluding carboxylic acids is 1. The van der Waals surface area contributed by atoms with Crippen LogP contribution in [0, 0.1) is 0 Å². The second-order valence-electron chi connectivity index (χ2n) is 6.14. The van der Waals surface area contributed by atoms with Crippen molar-refractivity contribution in [1.29, 1.82) is 0 Å². The van der Waals surface area contributed by atoms with Gasteiger partial charge in [0.1, 0.15) is 17.1 Å². The Kier molecular flexibility index (Phi) is 3.72. The minimum atomic E-state index is -0.479. The lowest BCUT2D eigenvalue weighted by atomic mass is 9.90. The van der Waals surface area contributed by atoms with Gasteiger partial charge in [-0.3, -0.25) is 9.59 Å². The lowest BCUT2D eigenvalue weighted by Gasteiger charge is -2.18. The van der Waals surface area contributed by atoms with Crippen molar-refractivity contribution in [3.8, 4) is 11.5 Å². The van der Waals surface area contributed by atoms with Crippen LogP contribution < -0.4 is 16.0 Å². The van der Waals surface area contributed by atoms with Crippen LogP contribution in [0.5, 0.6) is 11.5 Å². The molecule has 0 bridgehead atoms. The van der Waals surface area contributed by atoms with E-state index in [1.807, 2.05) is 0 Å². The fraction of sp³-hybridized carbons (Fsp3) is 0.211. The lowest BCUT2D eigenvalue weighted by Crippen LogP contribution is -2.20. The molecule has 0 fully saturated rings. The first-order valence-electron chi connectivity index (χ1n) is 8.24. The van der Waals surface area contributed by atoms with Crippen molar-refractivity contribution in [2.75, 3.05) is 0 Å². The molecule has 1 amide bonds. The molecule has 0 unspecified atom stereocenters. The first-order valence-corrected chi connectivity index (χ1v) is 8.24. The number of carbonyl (C=O) groups is 1. The predicted molar refractivity (Wildman–Crippen MR) is 94.0 cm³/mol. The van der Waals surface area contributed by atoms with Crippen LogP contribution in [0.2, 0.25) is 0 Å². The van der Waals surface area contributed by atoms with E-state index in [9.17, 15) is 9.59 Å². The van der Waals surface area contributed by atoms with Crippen molar-refractivity contribution in [2.24, 2.45) is 5.73 Å². The molecule has 25 heavy (non-hydrogen) atoms.